The number of nitrogens with one attached hydrogen (secondary N) is 1. The molecule has 0 saturated carbocycles. The number of carbonyl (C=O) groups is 1. The number of hydrogen-bond acceptors (Lipinski definition) is 3. The van der Waals surface area contributed by atoms with Crippen molar-refractivity contribution in [1.82, 2.24) is 5.32 Å². The molecule has 1 aliphatic rings. The van der Waals surface area contributed by atoms with Gasteiger partial charge in [-0.2, -0.15) is 0 Å². The lowest BCUT2D eigenvalue weighted by Gasteiger charge is -2.09. The second-order valence-corrected chi connectivity index (χ2v) is 3.61. The Hall–Kier alpha value is -1.42. The van der Waals surface area contributed by atoms with E-state index < -0.39 is 0 Å². The highest BCUT2D eigenvalue weighted by Crippen LogP contribution is 2.16. The summed E-state index contributed by atoms with van der Waals surface area (Å²) in [5.74, 6) is 0.711. The zero-order valence-electron chi connectivity index (χ0n) is 7.90. The topological polar surface area (TPSA) is 47.6 Å². The molecule has 0 radical (unpaired) electrons. The molecule has 1 N–H and O–H groups in total. The minimum absolute atomic E-state index is 0.215. The molecule has 1 aromatic rings. The van der Waals surface area contributed by atoms with Gasteiger partial charge in [0, 0.05) is 5.02 Å². The van der Waals surface area contributed by atoms with Crippen molar-refractivity contribution < 1.29 is 14.3 Å². The highest BCUT2D eigenvalue weighted by atomic mass is 35.5. The fourth-order valence-corrected chi connectivity index (χ4v) is 1.37. The highest BCUT2D eigenvalue weighted by Gasteiger charge is 2.22. The summed E-state index contributed by atoms with van der Waals surface area (Å²) in [6.07, 6.45) is -0.604. The van der Waals surface area contributed by atoms with Crippen LogP contribution in [-0.2, 0) is 4.74 Å². The molecule has 0 bridgehead atoms. The lowest BCUT2D eigenvalue weighted by atomic mass is 10.3. The van der Waals surface area contributed by atoms with E-state index in [9.17, 15) is 4.79 Å². The minimum Gasteiger partial charge on any atom is -0.490 e. The predicted octanol–water partition coefficient (Wildman–Crippen LogP) is 1.83. The van der Waals surface area contributed by atoms with Crippen molar-refractivity contribution in [3.8, 4) is 5.75 Å². The summed E-state index contributed by atoms with van der Waals surface area (Å²) in [5, 5.41) is 3.22. The summed E-state index contributed by atoms with van der Waals surface area (Å²) >= 11 is 5.72. The summed E-state index contributed by atoms with van der Waals surface area (Å²) in [7, 11) is 0. The molecule has 0 aliphatic carbocycles. The second kappa shape index (κ2) is 4.40. The van der Waals surface area contributed by atoms with E-state index in [4.69, 9.17) is 21.1 Å². The van der Waals surface area contributed by atoms with E-state index in [1.54, 1.807) is 24.3 Å². The van der Waals surface area contributed by atoms with Gasteiger partial charge in [-0.05, 0) is 24.3 Å². The smallest absolute Gasteiger partial charge is 0.407 e. The van der Waals surface area contributed by atoms with Crippen molar-refractivity contribution in [2.75, 3.05) is 13.2 Å². The van der Waals surface area contributed by atoms with Gasteiger partial charge in [-0.3, -0.25) is 0 Å². The molecule has 1 atom stereocenters. The molecule has 4 nitrogen and oxygen atoms in total. The van der Waals surface area contributed by atoms with Crippen LogP contribution >= 0.6 is 11.6 Å². The number of rotatable bonds is 3. The maximum absolute atomic E-state index is 10.7. The molecule has 1 fully saturated rings. The fraction of sp³-hybridized carbons (Fsp3) is 0.300. The van der Waals surface area contributed by atoms with E-state index in [0.29, 0.717) is 23.9 Å². The van der Waals surface area contributed by atoms with E-state index in [2.05, 4.69) is 5.32 Å². The van der Waals surface area contributed by atoms with Crippen LogP contribution in [0.15, 0.2) is 24.3 Å². The molecule has 1 aromatic carbocycles. The molecule has 1 heterocycles. The summed E-state index contributed by atoms with van der Waals surface area (Å²) in [5.41, 5.74) is 0. The van der Waals surface area contributed by atoms with E-state index in [1.807, 2.05) is 0 Å². The van der Waals surface area contributed by atoms with Crippen LogP contribution in [0.2, 0.25) is 5.02 Å². The van der Waals surface area contributed by atoms with Crippen LogP contribution in [0.4, 0.5) is 4.79 Å². The van der Waals surface area contributed by atoms with Gasteiger partial charge >= 0.3 is 6.09 Å². The molecule has 1 saturated heterocycles. The van der Waals surface area contributed by atoms with Crippen LogP contribution in [-0.4, -0.2) is 25.3 Å². The van der Waals surface area contributed by atoms with Crippen LogP contribution in [0.3, 0.4) is 0 Å². The number of cyclic esters (lactones) is 1. The second-order valence-electron chi connectivity index (χ2n) is 3.17. The molecular formula is C10H10ClNO3. The molecular weight excluding hydrogens is 218 g/mol. The van der Waals surface area contributed by atoms with Crippen molar-refractivity contribution in [2.24, 2.45) is 0 Å². The Morgan fingerprint density at radius 2 is 2.20 bits per heavy atom. The Bertz CT molecular complexity index is 352. The first-order valence-corrected chi connectivity index (χ1v) is 4.95. The van der Waals surface area contributed by atoms with Gasteiger partial charge in [0.15, 0.2) is 6.10 Å². The van der Waals surface area contributed by atoms with Gasteiger partial charge in [0.25, 0.3) is 0 Å². The highest BCUT2D eigenvalue weighted by molar-refractivity contribution is 6.30. The average molecular weight is 228 g/mol. The van der Waals surface area contributed by atoms with Crippen molar-refractivity contribution in [3.05, 3.63) is 29.3 Å². The first-order valence-electron chi connectivity index (χ1n) is 4.57. The van der Waals surface area contributed by atoms with Crippen LogP contribution in [0.5, 0.6) is 5.75 Å². The number of ether oxygens (including phenoxy) is 2. The lowest BCUT2D eigenvalue weighted by molar-refractivity contribution is 0.105. The SMILES string of the molecule is O=C1NC[C@@H](COc2ccc(Cl)cc2)O1. The minimum atomic E-state index is -0.389. The molecule has 80 valence electrons. The third-order valence-electron chi connectivity index (χ3n) is 2.00. The molecule has 0 spiro atoms. The molecule has 5 heteroatoms. The van der Waals surface area contributed by atoms with E-state index in [1.165, 1.54) is 0 Å². The number of benzene rings is 1. The third-order valence-corrected chi connectivity index (χ3v) is 2.25. The molecule has 15 heavy (non-hydrogen) atoms. The van der Waals surface area contributed by atoms with Gasteiger partial charge < -0.3 is 14.8 Å². The zero-order chi connectivity index (χ0) is 10.7. The maximum Gasteiger partial charge on any atom is 0.407 e. The van der Waals surface area contributed by atoms with Gasteiger partial charge in [-0.1, -0.05) is 11.6 Å². The Morgan fingerprint density at radius 1 is 1.47 bits per heavy atom. The largest absolute Gasteiger partial charge is 0.490 e. The van der Waals surface area contributed by atoms with Crippen molar-refractivity contribution >= 4 is 17.7 Å². The summed E-state index contributed by atoms with van der Waals surface area (Å²) in [6.45, 7) is 0.840. The van der Waals surface area contributed by atoms with Crippen LogP contribution in [0.25, 0.3) is 0 Å². The van der Waals surface area contributed by atoms with Crippen LogP contribution in [0, 0.1) is 0 Å². The zero-order valence-corrected chi connectivity index (χ0v) is 8.66. The third kappa shape index (κ3) is 2.76. The Balaban J connectivity index is 1.83. The fourth-order valence-electron chi connectivity index (χ4n) is 1.24. The van der Waals surface area contributed by atoms with E-state index in [0.717, 1.165) is 0 Å². The van der Waals surface area contributed by atoms with Gasteiger partial charge in [-0.25, -0.2) is 4.79 Å². The van der Waals surface area contributed by atoms with Gasteiger partial charge in [0.05, 0.1) is 6.54 Å². The number of amides is 1. The van der Waals surface area contributed by atoms with E-state index >= 15 is 0 Å². The standard InChI is InChI=1S/C10H10ClNO3/c11-7-1-3-8(4-2-7)14-6-9-5-12-10(13)15-9/h1-4,9H,5-6H2,(H,12,13)/t9-/m0/s1. The average Bonchev–Trinajstić information content (AvgIpc) is 2.64. The predicted molar refractivity (Wildman–Crippen MR) is 55.2 cm³/mol. The van der Waals surface area contributed by atoms with Crippen LogP contribution in [0.1, 0.15) is 0 Å². The molecule has 1 amide bonds. The molecule has 0 unspecified atom stereocenters. The summed E-state index contributed by atoms with van der Waals surface area (Å²) in [4.78, 5) is 10.7. The quantitative estimate of drug-likeness (QED) is 0.857. The normalized spacial score (nSPS) is 19.5. The van der Waals surface area contributed by atoms with Crippen molar-refractivity contribution in [1.29, 1.82) is 0 Å². The number of hydrogen-bond donors (Lipinski definition) is 1. The first kappa shape index (κ1) is 10.1. The van der Waals surface area contributed by atoms with Crippen LogP contribution < -0.4 is 10.1 Å². The van der Waals surface area contributed by atoms with Gasteiger partial charge in [0.2, 0.25) is 0 Å². The van der Waals surface area contributed by atoms with E-state index in [-0.39, 0.29) is 12.2 Å². The molecule has 0 aromatic heterocycles. The number of halogens is 1. The molecule has 1 aliphatic heterocycles. The Kier molecular flexibility index (Phi) is 2.97. The number of carbonyl (C=O) groups excluding carboxylic acids is 1. The Labute approximate surface area is 92.1 Å². The molecule has 2 rings (SSSR count). The lowest BCUT2D eigenvalue weighted by Crippen LogP contribution is -2.21. The first-order chi connectivity index (χ1) is 7.24. The van der Waals surface area contributed by atoms with Gasteiger partial charge in [-0.15, -0.1) is 0 Å². The summed E-state index contributed by atoms with van der Waals surface area (Å²) in [6, 6.07) is 7.03. The van der Waals surface area contributed by atoms with Gasteiger partial charge in [0.1, 0.15) is 12.4 Å². The maximum atomic E-state index is 10.7. The Morgan fingerprint density at radius 3 is 2.80 bits per heavy atom. The summed E-state index contributed by atoms with van der Waals surface area (Å²) < 4.78 is 10.3. The van der Waals surface area contributed by atoms with Crippen molar-refractivity contribution in [2.45, 2.75) is 6.10 Å². The monoisotopic (exact) mass is 227 g/mol. The van der Waals surface area contributed by atoms with Crippen molar-refractivity contribution in [3.63, 3.8) is 0 Å². The number of alkyl carbamates (subject to hydrolysis) is 1.